The molecule has 0 aromatic heterocycles. The lowest BCUT2D eigenvalue weighted by Crippen LogP contribution is -2.59. The van der Waals surface area contributed by atoms with Crippen molar-refractivity contribution < 1.29 is 14.3 Å². The number of nitrogens with zero attached hydrogens (tertiary/aromatic N) is 2. The van der Waals surface area contributed by atoms with E-state index < -0.39 is 0 Å². The Morgan fingerprint density at radius 3 is 2.48 bits per heavy atom. The summed E-state index contributed by atoms with van der Waals surface area (Å²) in [5.41, 5.74) is 0.556. The first-order valence-electron chi connectivity index (χ1n) is 12.2. The lowest BCUT2D eigenvalue weighted by atomic mass is 9.94. The van der Waals surface area contributed by atoms with Gasteiger partial charge in [0, 0.05) is 43.8 Å². The standard InChI is InChI=1S/C27H37N3O3/c1-19-15-30(16-20(2)33-19)27(3,4)18-28-25(31)22-11-8-14-29(17-22)26(32)24-13-7-10-21-9-5-6-12-23(21)24/h5-7,9-10,12-13,19-20,22H,8,11,14-18H2,1-4H3,(H,28,31). The summed E-state index contributed by atoms with van der Waals surface area (Å²) in [7, 11) is 0. The zero-order valence-corrected chi connectivity index (χ0v) is 20.3. The second-order valence-corrected chi connectivity index (χ2v) is 10.3. The second-order valence-electron chi connectivity index (χ2n) is 10.3. The summed E-state index contributed by atoms with van der Waals surface area (Å²) in [6, 6.07) is 13.8. The molecule has 6 heteroatoms. The molecule has 2 aromatic rings. The van der Waals surface area contributed by atoms with E-state index in [1.807, 2.05) is 47.4 Å². The van der Waals surface area contributed by atoms with Crippen LogP contribution in [-0.2, 0) is 9.53 Å². The monoisotopic (exact) mass is 451 g/mol. The van der Waals surface area contributed by atoms with E-state index in [9.17, 15) is 9.59 Å². The van der Waals surface area contributed by atoms with Gasteiger partial charge in [-0.1, -0.05) is 36.4 Å². The molecule has 2 aromatic carbocycles. The predicted octanol–water partition coefficient (Wildman–Crippen LogP) is 3.70. The van der Waals surface area contributed by atoms with Crippen LogP contribution in [0.15, 0.2) is 42.5 Å². The summed E-state index contributed by atoms with van der Waals surface area (Å²) in [5, 5.41) is 5.21. The highest BCUT2D eigenvalue weighted by Gasteiger charge is 2.35. The van der Waals surface area contributed by atoms with Gasteiger partial charge in [-0.25, -0.2) is 0 Å². The van der Waals surface area contributed by atoms with E-state index >= 15 is 0 Å². The third kappa shape index (κ3) is 5.39. The first-order chi connectivity index (χ1) is 15.7. The van der Waals surface area contributed by atoms with Gasteiger partial charge in [-0.3, -0.25) is 14.5 Å². The quantitative estimate of drug-likeness (QED) is 0.753. The molecule has 2 amide bonds. The van der Waals surface area contributed by atoms with Gasteiger partial charge in [-0.05, 0) is 57.4 Å². The highest BCUT2D eigenvalue weighted by molar-refractivity contribution is 6.07. The first-order valence-corrected chi connectivity index (χ1v) is 12.2. The number of fused-ring (bicyclic) bond motifs is 1. The predicted molar refractivity (Wildman–Crippen MR) is 131 cm³/mol. The van der Waals surface area contributed by atoms with E-state index in [0.29, 0.717) is 25.2 Å². The summed E-state index contributed by atoms with van der Waals surface area (Å²) in [6.45, 7) is 12.0. The van der Waals surface area contributed by atoms with Crippen LogP contribution in [-0.4, -0.2) is 72.1 Å². The van der Waals surface area contributed by atoms with Crippen molar-refractivity contribution in [2.75, 3.05) is 32.7 Å². The number of hydrogen-bond donors (Lipinski definition) is 1. The van der Waals surface area contributed by atoms with Crippen LogP contribution in [0.25, 0.3) is 10.8 Å². The topological polar surface area (TPSA) is 61.9 Å². The molecule has 2 heterocycles. The van der Waals surface area contributed by atoms with Crippen LogP contribution in [0.1, 0.15) is 50.9 Å². The average Bonchev–Trinajstić information content (AvgIpc) is 2.81. The van der Waals surface area contributed by atoms with E-state index in [-0.39, 0.29) is 35.5 Å². The Hall–Kier alpha value is -2.44. The van der Waals surface area contributed by atoms with Crippen molar-refractivity contribution in [3.05, 3.63) is 48.0 Å². The number of carbonyl (C=O) groups is 2. The average molecular weight is 452 g/mol. The lowest BCUT2D eigenvalue weighted by Gasteiger charge is -2.45. The minimum atomic E-state index is -0.170. The molecule has 0 bridgehead atoms. The molecule has 0 radical (unpaired) electrons. The minimum absolute atomic E-state index is 0.0147. The van der Waals surface area contributed by atoms with Crippen LogP contribution < -0.4 is 5.32 Å². The molecule has 178 valence electrons. The van der Waals surface area contributed by atoms with Gasteiger partial charge >= 0.3 is 0 Å². The number of morpholine rings is 1. The molecule has 2 aliphatic heterocycles. The molecule has 0 aliphatic carbocycles. The molecule has 0 spiro atoms. The second kappa shape index (κ2) is 9.82. The van der Waals surface area contributed by atoms with Crippen LogP contribution in [0.3, 0.4) is 0 Å². The van der Waals surface area contributed by atoms with Crippen molar-refractivity contribution in [2.24, 2.45) is 5.92 Å². The summed E-state index contributed by atoms with van der Waals surface area (Å²) in [4.78, 5) is 30.7. The van der Waals surface area contributed by atoms with E-state index in [4.69, 9.17) is 4.74 Å². The molecular formula is C27H37N3O3. The number of carbonyl (C=O) groups excluding carboxylic acids is 2. The Balaban J connectivity index is 1.38. The zero-order valence-electron chi connectivity index (χ0n) is 20.3. The van der Waals surface area contributed by atoms with Crippen molar-refractivity contribution in [2.45, 2.75) is 58.3 Å². The number of benzene rings is 2. The SMILES string of the molecule is CC1CN(C(C)(C)CNC(=O)C2CCCN(C(=O)c3cccc4ccccc34)C2)CC(C)O1. The van der Waals surface area contributed by atoms with Crippen LogP contribution in [0.5, 0.6) is 0 Å². The molecule has 2 aliphatic rings. The van der Waals surface area contributed by atoms with Crippen molar-refractivity contribution in [3.8, 4) is 0 Å². The van der Waals surface area contributed by atoms with Gasteiger partial charge in [0.1, 0.15) is 0 Å². The molecular weight excluding hydrogens is 414 g/mol. The number of nitrogens with one attached hydrogen (secondary N) is 1. The maximum Gasteiger partial charge on any atom is 0.254 e. The third-order valence-electron chi connectivity index (χ3n) is 7.07. The Bertz CT molecular complexity index is 990. The van der Waals surface area contributed by atoms with Gasteiger partial charge in [-0.2, -0.15) is 0 Å². The van der Waals surface area contributed by atoms with Gasteiger partial charge in [0.25, 0.3) is 5.91 Å². The highest BCUT2D eigenvalue weighted by atomic mass is 16.5. The van der Waals surface area contributed by atoms with Gasteiger partial charge in [0.2, 0.25) is 5.91 Å². The van der Waals surface area contributed by atoms with Crippen LogP contribution >= 0.6 is 0 Å². The fourth-order valence-corrected chi connectivity index (χ4v) is 5.19. The van der Waals surface area contributed by atoms with Gasteiger partial charge in [0.15, 0.2) is 0 Å². The number of hydrogen-bond acceptors (Lipinski definition) is 4. The molecule has 0 saturated carbocycles. The normalized spacial score (nSPS) is 24.6. The summed E-state index contributed by atoms with van der Waals surface area (Å²) in [5.74, 6) is -0.107. The summed E-state index contributed by atoms with van der Waals surface area (Å²) >= 11 is 0. The van der Waals surface area contributed by atoms with Crippen molar-refractivity contribution in [1.29, 1.82) is 0 Å². The molecule has 4 rings (SSSR count). The minimum Gasteiger partial charge on any atom is -0.373 e. The van der Waals surface area contributed by atoms with Gasteiger partial charge in [-0.15, -0.1) is 0 Å². The highest BCUT2D eigenvalue weighted by Crippen LogP contribution is 2.25. The zero-order chi connectivity index (χ0) is 23.6. The molecule has 1 N–H and O–H groups in total. The fourth-order valence-electron chi connectivity index (χ4n) is 5.19. The van der Waals surface area contributed by atoms with Crippen molar-refractivity contribution in [1.82, 2.24) is 15.1 Å². The van der Waals surface area contributed by atoms with Crippen molar-refractivity contribution >= 4 is 22.6 Å². The van der Waals surface area contributed by atoms with Crippen LogP contribution in [0.2, 0.25) is 0 Å². The van der Waals surface area contributed by atoms with E-state index in [1.54, 1.807) is 0 Å². The van der Waals surface area contributed by atoms with Crippen LogP contribution in [0, 0.1) is 5.92 Å². The summed E-state index contributed by atoms with van der Waals surface area (Å²) in [6.07, 6.45) is 2.04. The Morgan fingerprint density at radius 1 is 1.03 bits per heavy atom. The Morgan fingerprint density at radius 2 is 1.73 bits per heavy atom. The number of ether oxygens (including phenoxy) is 1. The van der Waals surface area contributed by atoms with Crippen molar-refractivity contribution in [3.63, 3.8) is 0 Å². The maximum atomic E-state index is 13.3. The summed E-state index contributed by atoms with van der Waals surface area (Å²) < 4.78 is 5.86. The maximum absolute atomic E-state index is 13.3. The Labute approximate surface area is 197 Å². The van der Waals surface area contributed by atoms with Gasteiger partial charge in [0.05, 0.1) is 18.1 Å². The fraction of sp³-hybridized carbons (Fsp3) is 0.556. The molecule has 2 fully saturated rings. The molecule has 6 nitrogen and oxygen atoms in total. The number of rotatable bonds is 5. The number of likely N-dealkylation sites (tertiary alicyclic amines) is 1. The molecule has 3 unspecified atom stereocenters. The molecule has 33 heavy (non-hydrogen) atoms. The van der Waals surface area contributed by atoms with E-state index in [1.165, 1.54) is 0 Å². The first kappa shape index (κ1) is 23.7. The Kier molecular flexibility index (Phi) is 7.05. The largest absolute Gasteiger partial charge is 0.373 e. The lowest BCUT2D eigenvalue weighted by molar-refractivity contribution is -0.128. The number of amides is 2. The third-order valence-corrected chi connectivity index (χ3v) is 7.07. The molecule has 2 saturated heterocycles. The molecule has 3 atom stereocenters. The smallest absolute Gasteiger partial charge is 0.254 e. The van der Waals surface area contributed by atoms with Gasteiger partial charge < -0.3 is 15.0 Å². The van der Waals surface area contributed by atoms with E-state index in [0.717, 1.165) is 36.7 Å². The number of piperidine rings is 1. The van der Waals surface area contributed by atoms with Crippen LogP contribution in [0.4, 0.5) is 0 Å². The van der Waals surface area contributed by atoms with E-state index in [2.05, 4.69) is 37.9 Å².